The Kier molecular flexibility index (Phi) is 4.57. The van der Waals surface area contributed by atoms with Crippen molar-refractivity contribution in [2.45, 2.75) is 4.90 Å². The Bertz CT molecular complexity index is 685. The van der Waals surface area contributed by atoms with Gasteiger partial charge in [0.2, 0.25) is 10.0 Å². The first-order valence-electron chi connectivity index (χ1n) is 5.87. The predicted molar refractivity (Wildman–Crippen MR) is 83.2 cm³/mol. The Labute approximate surface area is 123 Å². The SMILES string of the molecule is CSc1ccc(Oc2ccccc2)c(NS(C)(=O)=O)c1. The maximum Gasteiger partial charge on any atom is 0.229 e. The van der Waals surface area contributed by atoms with E-state index in [4.69, 9.17) is 4.74 Å². The van der Waals surface area contributed by atoms with E-state index >= 15 is 0 Å². The van der Waals surface area contributed by atoms with Crippen LogP contribution in [0.15, 0.2) is 53.4 Å². The molecule has 0 saturated heterocycles. The summed E-state index contributed by atoms with van der Waals surface area (Å²) in [6.45, 7) is 0. The van der Waals surface area contributed by atoms with Gasteiger partial charge in [-0.1, -0.05) is 18.2 Å². The fourth-order valence-corrected chi connectivity index (χ4v) is 2.62. The number of anilines is 1. The molecule has 2 aromatic carbocycles. The lowest BCUT2D eigenvalue weighted by Crippen LogP contribution is -2.10. The Morgan fingerprint density at radius 2 is 1.80 bits per heavy atom. The lowest BCUT2D eigenvalue weighted by molar-refractivity contribution is 0.484. The van der Waals surface area contributed by atoms with E-state index in [0.717, 1.165) is 11.2 Å². The van der Waals surface area contributed by atoms with Gasteiger partial charge in [0, 0.05) is 4.90 Å². The van der Waals surface area contributed by atoms with Crippen molar-refractivity contribution in [2.24, 2.45) is 0 Å². The number of hydrogen-bond acceptors (Lipinski definition) is 4. The van der Waals surface area contributed by atoms with E-state index in [1.54, 1.807) is 12.1 Å². The highest BCUT2D eigenvalue weighted by atomic mass is 32.2. The number of hydrogen-bond donors (Lipinski definition) is 1. The van der Waals surface area contributed by atoms with Crippen LogP contribution in [-0.2, 0) is 10.0 Å². The summed E-state index contributed by atoms with van der Waals surface area (Å²) in [4.78, 5) is 0.955. The van der Waals surface area contributed by atoms with Crippen molar-refractivity contribution in [1.29, 1.82) is 0 Å². The fourth-order valence-electron chi connectivity index (χ4n) is 1.62. The van der Waals surface area contributed by atoms with E-state index in [9.17, 15) is 8.42 Å². The quantitative estimate of drug-likeness (QED) is 0.858. The summed E-state index contributed by atoms with van der Waals surface area (Å²) in [6, 6.07) is 14.6. The maximum atomic E-state index is 11.4. The van der Waals surface area contributed by atoms with Gasteiger partial charge in [-0.2, -0.15) is 0 Å². The van der Waals surface area contributed by atoms with Gasteiger partial charge >= 0.3 is 0 Å². The summed E-state index contributed by atoms with van der Waals surface area (Å²) < 4.78 is 31.1. The van der Waals surface area contributed by atoms with E-state index in [-0.39, 0.29) is 0 Å². The third-order valence-electron chi connectivity index (χ3n) is 2.45. The smallest absolute Gasteiger partial charge is 0.229 e. The van der Waals surface area contributed by atoms with E-state index in [1.807, 2.05) is 42.7 Å². The van der Waals surface area contributed by atoms with Crippen LogP contribution in [0.5, 0.6) is 11.5 Å². The van der Waals surface area contributed by atoms with Crippen LogP contribution in [0.3, 0.4) is 0 Å². The molecule has 4 nitrogen and oxygen atoms in total. The fraction of sp³-hybridized carbons (Fsp3) is 0.143. The normalized spacial score (nSPS) is 11.1. The van der Waals surface area contributed by atoms with Crippen molar-refractivity contribution in [3.8, 4) is 11.5 Å². The Morgan fingerprint density at radius 3 is 2.40 bits per heavy atom. The van der Waals surface area contributed by atoms with Gasteiger partial charge in [0.1, 0.15) is 5.75 Å². The maximum absolute atomic E-state index is 11.4. The highest BCUT2D eigenvalue weighted by Crippen LogP contribution is 2.33. The molecule has 0 aromatic heterocycles. The third kappa shape index (κ3) is 4.18. The van der Waals surface area contributed by atoms with E-state index in [1.165, 1.54) is 11.8 Å². The summed E-state index contributed by atoms with van der Waals surface area (Å²) in [6.07, 6.45) is 3.04. The van der Waals surface area contributed by atoms with Gasteiger partial charge in [-0.25, -0.2) is 8.42 Å². The van der Waals surface area contributed by atoms with Crippen molar-refractivity contribution in [3.05, 3.63) is 48.5 Å². The monoisotopic (exact) mass is 309 g/mol. The van der Waals surface area contributed by atoms with Crippen LogP contribution >= 0.6 is 11.8 Å². The molecule has 0 fully saturated rings. The number of ether oxygens (including phenoxy) is 1. The molecule has 0 amide bonds. The van der Waals surface area contributed by atoms with Crippen molar-refractivity contribution in [2.75, 3.05) is 17.2 Å². The molecule has 0 atom stereocenters. The van der Waals surface area contributed by atoms with E-state index in [0.29, 0.717) is 17.2 Å². The molecular formula is C14H15NO3S2. The summed E-state index contributed by atoms with van der Waals surface area (Å²) in [5.41, 5.74) is 0.434. The zero-order valence-corrected chi connectivity index (χ0v) is 12.8. The first-order valence-corrected chi connectivity index (χ1v) is 8.98. The number of thioether (sulfide) groups is 1. The zero-order valence-electron chi connectivity index (χ0n) is 11.2. The minimum Gasteiger partial charge on any atom is -0.455 e. The molecular weight excluding hydrogens is 294 g/mol. The molecule has 2 aromatic rings. The van der Waals surface area contributed by atoms with Crippen LogP contribution in [0.4, 0.5) is 5.69 Å². The molecule has 0 heterocycles. The first kappa shape index (κ1) is 14.7. The lowest BCUT2D eigenvalue weighted by atomic mass is 10.3. The van der Waals surface area contributed by atoms with Crippen molar-refractivity contribution in [3.63, 3.8) is 0 Å². The summed E-state index contributed by atoms with van der Waals surface area (Å²) in [5, 5.41) is 0. The Morgan fingerprint density at radius 1 is 1.10 bits per heavy atom. The molecule has 0 spiro atoms. The molecule has 0 aliphatic rings. The molecule has 0 radical (unpaired) electrons. The number of sulfonamides is 1. The Balaban J connectivity index is 2.36. The largest absolute Gasteiger partial charge is 0.455 e. The van der Waals surface area contributed by atoms with Gasteiger partial charge in [0.15, 0.2) is 5.75 Å². The zero-order chi connectivity index (χ0) is 14.6. The average Bonchev–Trinajstić information content (AvgIpc) is 2.40. The molecule has 0 bridgehead atoms. The van der Waals surface area contributed by atoms with Crippen LogP contribution in [0.1, 0.15) is 0 Å². The second kappa shape index (κ2) is 6.19. The van der Waals surface area contributed by atoms with E-state index in [2.05, 4.69) is 4.72 Å². The van der Waals surface area contributed by atoms with E-state index < -0.39 is 10.0 Å². The predicted octanol–water partition coefficient (Wildman–Crippen LogP) is 3.57. The third-order valence-corrected chi connectivity index (χ3v) is 3.77. The molecule has 0 aliphatic carbocycles. The lowest BCUT2D eigenvalue weighted by Gasteiger charge is -2.13. The number of nitrogens with one attached hydrogen (secondary N) is 1. The molecule has 0 aliphatic heterocycles. The van der Waals surface area contributed by atoms with Gasteiger partial charge in [0.05, 0.1) is 11.9 Å². The molecule has 6 heteroatoms. The second-order valence-electron chi connectivity index (χ2n) is 4.15. The molecule has 20 heavy (non-hydrogen) atoms. The molecule has 0 unspecified atom stereocenters. The van der Waals surface area contributed by atoms with Gasteiger partial charge in [-0.05, 0) is 36.6 Å². The first-order chi connectivity index (χ1) is 9.48. The summed E-state index contributed by atoms with van der Waals surface area (Å²) >= 11 is 1.53. The number of rotatable bonds is 5. The highest BCUT2D eigenvalue weighted by Gasteiger charge is 2.10. The van der Waals surface area contributed by atoms with Gasteiger partial charge < -0.3 is 4.74 Å². The standard InChI is InChI=1S/C14H15NO3S2/c1-19-12-8-9-14(13(10-12)15-20(2,16)17)18-11-6-4-3-5-7-11/h3-10,15H,1-2H3. The van der Waals surface area contributed by atoms with Crippen LogP contribution in [-0.4, -0.2) is 20.9 Å². The van der Waals surface area contributed by atoms with Crippen molar-refractivity contribution >= 4 is 27.5 Å². The summed E-state index contributed by atoms with van der Waals surface area (Å²) in [7, 11) is -3.36. The van der Waals surface area contributed by atoms with Crippen LogP contribution in [0.2, 0.25) is 0 Å². The highest BCUT2D eigenvalue weighted by molar-refractivity contribution is 7.98. The topological polar surface area (TPSA) is 55.4 Å². The van der Waals surface area contributed by atoms with Crippen LogP contribution in [0.25, 0.3) is 0 Å². The van der Waals surface area contributed by atoms with Crippen LogP contribution < -0.4 is 9.46 Å². The molecule has 1 N–H and O–H groups in total. The van der Waals surface area contributed by atoms with Gasteiger partial charge in [-0.15, -0.1) is 11.8 Å². The summed E-state index contributed by atoms with van der Waals surface area (Å²) in [5.74, 6) is 1.13. The number of para-hydroxylation sites is 1. The van der Waals surface area contributed by atoms with Crippen LogP contribution in [0, 0.1) is 0 Å². The minimum atomic E-state index is -3.36. The second-order valence-corrected chi connectivity index (χ2v) is 6.78. The molecule has 0 saturated carbocycles. The van der Waals surface area contributed by atoms with Crippen molar-refractivity contribution < 1.29 is 13.2 Å². The minimum absolute atomic E-state index is 0.434. The molecule has 2 rings (SSSR count). The Hall–Kier alpha value is -1.66. The van der Waals surface area contributed by atoms with Crippen molar-refractivity contribution in [1.82, 2.24) is 0 Å². The average molecular weight is 309 g/mol. The number of benzene rings is 2. The van der Waals surface area contributed by atoms with Gasteiger partial charge in [-0.3, -0.25) is 4.72 Å². The van der Waals surface area contributed by atoms with Gasteiger partial charge in [0.25, 0.3) is 0 Å². The molecule has 106 valence electrons.